The molecule has 25 heteroatoms. The zero-order valence-corrected chi connectivity index (χ0v) is 33.8. The van der Waals surface area contributed by atoms with Crippen LogP contribution in [0.25, 0.3) is 0 Å². The van der Waals surface area contributed by atoms with E-state index in [1.807, 2.05) is 17.6 Å². The summed E-state index contributed by atoms with van der Waals surface area (Å²) in [5, 5.41) is 59.4. The number of aliphatic carboxylic acids is 3. The monoisotopic (exact) mass is 879 g/mol. The summed E-state index contributed by atoms with van der Waals surface area (Å²) in [6, 6.07) is -5.31. The average Bonchev–Trinajstić information content (AvgIpc) is 3.70. The van der Waals surface area contributed by atoms with Crippen LogP contribution in [0.5, 0.6) is 5.75 Å². The van der Waals surface area contributed by atoms with E-state index in [9.17, 15) is 73.2 Å². The van der Waals surface area contributed by atoms with Crippen molar-refractivity contribution in [2.45, 2.75) is 101 Å². The van der Waals surface area contributed by atoms with Crippen molar-refractivity contribution in [1.82, 2.24) is 36.8 Å². The molecule has 1 aromatic carbocycles. The fourth-order valence-corrected chi connectivity index (χ4v) is 6.06. The highest BCUT2D eigenvalue weighted by Crippen LogP contribution is 2.21. The molecule has 25 nitrogen and oxygen atoms in total. The zero-order valence-electron chi connectivity index (χ0n) is 33.8. The van der Waals surface area contributed by atoms with E-state index in [1.165, 1.54) is 17.0 Å². The lowest BCUT2D eigenvalue weighted by molar-refractivity contribution is -0.145. The van der Waals surface area contributed by atoms with Crippen molar-refractivity contribution in [3.05, 3.63) is 29.8 Å². The third-order valence-electron chi connectivity index (χ3n) is 9.69. The van der Waals surface area contributed by atoms with Gasteiger partial charge in [-0.15, -0.1) is 0 Å². The number of carboxylic acids is 3. The van der Waals surface area contributed by atoms with Gasteiger partial charge >= 0.3 is 17.9 Å². The molecule has 1 heterocycles. The van der Waals surface area contributed by atoms with E-state index in [2.05, 4.69) is 16.0 Å². The van der Waals surface area contributed by atoms with E-state index in [0.29, 0.717) is 18.4 Å². The Hall–Kier alpha value is -6.89. The number of amides is 8. The number of aliphatic hydroxyl groups is 1. The van der Waals surface area contributed by atoms with Crippen LogP contribution in [0.1, 0.15) is 57.9 Å². The number of phenols is 1. The molecule has 1 fully saturated rings. The summed E-state index contributed by atoms with van der Waals surface area (Å²) in [4.78, 5) is 140. The number of nitrogens with one attached hydrogen (secondary N) is 6. The first-order valence-corrected chi connectivity index (χ1v) is 19.3. The number of primary amides is 1. The van der Waals surface area contributed by atoms with Crippen LogP contribution in [0.15, 0.2) is 24.3 Å². The molecule has 0 saturated carbocycles. The van der Waals surface area contributed by atoms with Crippen LogP contribution >= 0.6 is 0 Å². The van der Waals surface area contributed by atoms with Gasteiger partial charge in [-0.25, -0.2) is 4.79 Å². The highest BCUT2D eigenvalue weighted by atomic mass is 16.4. The molecule has 8 atom stereocenters. The van der Waals surface area contributed by atoms with Crippen molar-refractivity contribution in [1.29, 1.82) is 0 Å². The molecule has 15 N–H and O–H groups in total. The number of phenolic OH excluding ortho intramolecular Hbond substituents is 1. The second kappa shape index (κ2) is 24.4. The number of hydrogen-bond acceptors (Lipinski definition) is 14. The van der Waals surface area contributed by atoms with Crippen LogP contribution in [0.2, 0.25) is 0 Å². The van der Waals surface area contributed by atoms with E-state index >= 15 is 0 Å². The Morgan fingerprint density at radius 3 is 1.71 bits per heavy atom. The van der Waals surface area contributed by atoms with Crippen molar-refractivity contribution in [2.75, 3.05) is 19.7 Å². The third-order valence-corrected chi connectivity index (χ3v) is 9.69. The Labute approximate surface area is 353 Å². The third kappa shape index (κ3) is 16.3. The second-order valence-corrected chi connectivity index (χ2v) is 14.4. The number of likely N-dealkylation sites (tertiary alicyclic amines) is 1. The van der Waals surface area contributed by atoms with Gasteiger partial charge in [-0.05, 0) is 36.5 Å². The van der Waals surface area contributed by atoms with Crippen molar-refractivity contribution in [3.63, 3.8) is 0 Å². The quantitative estimate of drug-likeness (QED) is 0.0436. The van der Waals surface area contributed by atoms with Gasteiger partial charge in [0.1, 0.15) is 42.0 Å². The second-order valence-electron chi connectivity index (χ2n) is 14.4. The van der Waals surface area contributed by atoms with Gasteiger partial charge in [-0.1, -0.05) is 32.4 Å². The highest BCUT2D eigenvalue weighted by Gasteiger charge is 2.39. The molecule has 62 heavy (non-hydrogen) atoms. The summed E-state index contributed by atoms with van der Waals surface area (Å²) in [5.74, 6) is -13.9. The standard InChI is InChI=1S/C37H53N9O16/c1-3-17(2)30(39)35(59)44-23(11-18-6-8-19(48)9-7-18)36(60)46-10-4-5-25(46)34(58)40-15-27(50)41-20(12-26(38)49)31(55)42-21(13-28(51)52)32(56)43-22(14-29(53)54)33(57)45-24(16-47)37(61)62/h6-9,17,20-25,30,47-48H,3-5,10-16,39H2,1-2H3,(H2,38,49)(H,40,58)(H,41,50)(H,42,55)(H,43,56)(H,44,59)(H,45,57)(H,51,52)(H,53,54)(H,61,62)/t17-,20-,21-,22-,23-,24-,25-,30-/m0/s1. The molecule has 2 rings (SSSR count). The molecule has 342 valence electrons. The minimum atomic E-state index is -2.09. The first-order chi connectivity index (χ1) is 29.1. The van der Waals surface area contributed by atoms with Crippen LogP contribution in [0, 0.1) is 5.92 Å². The number of carbonyl (C=O) groups is 11. The van der Waals surface area contributed by atoms with Gasteiger partial charge < -0.3 is 73.8 Å². The van der Waals surface area contributed by atoms with Crippen LogP contribution < -0.4 is 43.4 Å². The summed E-state index contributed by atoms with van der Waals surface area (Å²) < 4.78 is 0. The van der Waals surface area contributed by atoms with Gasteiger partial charge in [0.15, 0.2) is 0 Å². The number of carbonyl (C=O) groups excluding carboxylic acids is 8. The van der Waals surface area contributed by atoms with Crippen molar-refractivity contribution in [3.8, 4) is 5.75 Å². The summed E-state index contributed by atoms with van der Waals surface area (Å²) >= 11 is 0. The van der Waals surface area contributed by atoms with Gasteiger partial charge in [0.05, 0.1) is 38.5 Å². The Morgan fingerprint density at radius 1 is 0.742 bits per heavy atom. The minimum absolute atomic E-state index is 0.0281. The maximum atomic E-state index is 13.9. The van der Waals surface area contributed by atoms with Crippen LogP contribution in [0.4, 0.5) is 0 Å². The number of benzene rings is 1. The fraction of sp³-hybridized carbons (Fsp3) is 0.541. The smallest absolute Gasteiger partial charge is 0.328 e. The average molecular weight is 880 g/mol. The van der Waals surface area contributed by atoms with E-state index < -0.39 is 140 Å². The van der Waals surface area contributed by atoms with Crippen LogP contribution in [-0.4, -0.2) is 158 Å². The largest absolute Gasteiger partial charge is 0.508 e. The number of nitrogens with zero attached hydrogens (tertiary/aromatic N) is 1. The molecular weight excluding hydrogens is 826 g/mol. The summed E-state index contributed by atoms with van der Waals surface area (Å²) in [5.41, 5.74) is 11.9. The highest BCUT2D eigenvalue weighted by molar-refractivity contribution is 5.99. The van der Waals surface area contributed by atoms with E-state index in [0.717, 1.165) is 0 Å². The molecule has 1 aromatic rings. The minimum Gasteiger partial charge on any atom is -0.508 e. The molecule has 0 unspecified atom stereocenters. The number of rotatable bonds is 25. The lowest BCUT2D eigenvalue weighted by Gasteiger charge is -2.30. The number of hydrogen-bond donors (Lipinski definition) is 13. The van der Waals surface area contributed by atoms with Gasteiger partial charge in [0.2, 0.25) is 47.3 Å². The maximum absolute atomic E-state index is 13.9. The first kappa shape index (κ1) is 51.3. The topological polar surface area (TPSA) is 416 Å². The Kier molecular flexibility index (Phi) is 20.2. The number of aromatic hydroxyl groups is 1. The molecule has 1 aliphatic rings. The Balaban J connectivity index is 2.20. The van der Waals surface area contributed by atoms with Gasteiger partial charge in [0, 0.05) is 13.0 Å². The number of aliphatic hydroxyl groups excluding tert-OH is 1. The number of nitrogens with two attached hydrogens (primary N) is 2. The molecule has 0 spiro atoms. The molecule has 0 aliphatic carbocycles. The van der Waals surface area contributed by atoms with Gasteiger partial charge in [-0.2, -0.15) is 0 Å². The lowest BCUT2D eigenvalue weighted by atomic mass is 9.98. The van der Waals surface area contributed by atoms with Gasteiger partial charge in [0.25, 0.3) is 0 Å². The predicted octanol–water partition coefficient (Wildman–Crippen LogP) is -5.26. The summed E-state index contributed by atoms with van der Waals surface area (Å²) in [7, 11) is 0. The molecule has 0 radical (unpaired) electrons. The lowest BCUT2D eigenvalue weighted by Crippen LogP contribution is -2.59. The van der Waals surface area contributed by atoms with Crippen molar-refractivity contribution in [2.24, 2.45) is 17.4 Å². The molecule has 0 bridgehead atoms. The molecule has 1 aliphatic heterocycles. The van der Waals surface area contributed by atoms with Crippen LogP contribution in [-0.2, 0) is 59.2 Å². The number of carboxylic acid groups (broad SMARTS) is 3. The molecule has 1 saturated heterocycles. The van der Waals surface area contributed by atoms with E-state index in [4.69, 9.17) is 16.6 Å². The zero-order chi connectivity index (χ0) is 46.8. The molecule has 8 amide bonds. The SMILES string of the molecule is CC[C@H](C)[C@H](N)C(=O)N[C@@H](Cc1ccc(O)cc1)C(=O)N1CCC[C@H]1C(=O)NCC(=O)N[C@@H](CC(N)=O)C(=O)N[C@@H](CC(=O)O)C(=O)N[C@@H](CC(=O)O)C(=O)N[C@@H](CO)C(=O)O. The summed E-state index contributed by atoms with van der Waals surface area (Å²) in [6.07, 6.45) is -2.21. The predicted molar refractivity (Wildman–Crippen MR) is 210 cm³/mol. The summed E-state index contributed by atoms with van der Waals surface area (Å²) in [6.45, 7) is 1.74. The Bertz CT molecular complexity index is 1850. The first-order valence-electron chi connectivity index (χ1n) is 19.3. The van der Waals surface area contributed by atoms with Crippen molar-refractivity contribution >= 4 is 65.2 Å². The maximum Gasteiger partial charge on any atom is 0.328 e. The van der Waals surface area contributed by atoms with Crippen molar-refractivity contribution < 1.29 is 78.3 Å². The normalized spacial score (nSPS) is 16.7. The Morgan fingerprint density at radius 2 is 1.24 bits per heavy atom. The molecular formula is C37H53N9O16. The fourth-order valence-electron chi connectivity index (χ4n) is 6.06. The van der Waals surface area contributed by atoms with Gasteiger partial charge in [-0.3, -0.25) is 47.9 Å². The van der Waals surface area contributed by atoms with E-state index in [-0.39, 0.29) is 31.1 Å². The van der Waals surface area contributed by atoms with E-state index in [1.54, 1.807) is 24.4 Å². The van der Waals surface area contributed by atoms with Crippen LogP contribution in [0.3, 0.4) is 0 Å². The molecule has 0 aromatic heterocycles.